The maximum absolute atomic E-state index is 12.1. The average molecular weight is 260 g/mol. The summed E-state index contributed by atoms with van der Waals surface area (Å²) in [5, 5.41) is 6.42. The van der Waals surface area contributed by atoms with E-state index >= 15 is 0 Å². The third-order valence-electron chi connectivity index (χ3n) is 3.97. The van der Waals surface area contributed by atoms with Crippen LogP contribution in [-0.2, 0) is 4.79 Å². The van der Waals surface area contributed by atoms with Gasteiger partial charge in [-0.05, 0) is 37.9 Å². The summed E-state index contributed by atoms with van der Waals surface area (Å²) in [5.74, 6) is 1.57. The van der Waals surface area contributed by atoms with E-state index in [1.54, 1.807) is 0 Å². The Morgan fingerprint density at radius 1 is 1.32 bits per heavy atom. The lowest BCUT2D eigenvalue weighted by molar-refractivity contribution is -0.123. The molecule has 4 nitrogen and oxygen atoms in total. The Morgan fingerprint density at radius 3 is 2.95 bits per heavy atom. The molecule has 1 amide bonds. The number of benzene rings is 1. The second-order valence-electron chi connectivity index (χ2n) is 5.37. The van der Waals surface area contributed by atoms with Crippen molar-refractivity contribution in [3.05, 3.63) is 29.8 Å². The Kier molecular flexibility index (Phi) is 3.69. The number of piperidine rings is 1. The van der Waals surface area contributed by atoms with Crippen molar-refractivity contribution < 1.29 is 9.53 Å². The van der Waals surface area contributed by atoms with Crippen molar-refractivity contribution in [2.75, 3.05) is 19.7 Å². The summed E-state index contributed by atoms with van der Waals surface area (Å²) in [7, 11) is 0. The van der Waals surface area contributed by atoms with Crippen molar-refractivity contribution in [1.82, 2.24) is 10.6 Å². The standard InChI is InChI=1S/C15H20N2O2/c18-15(9-11-5-7-16-8-6-11)17-13-10-19-14-4-2-1-3-12(13)14/h1-4,11,13,16H,5-10H2,(H,17,18). The van der Waals surface area contributed by atoms with Gasteiger partial charge in [0.2, 0.25) is 5.91 Å². The van der Waals surface area contributed by atoms with Crippen molar-refractivity contribution in [2.45, 2.75) is 25.3 Å². The summed E-state index contributed by atoms with van der Waals surface area (Å²) in [6, 6.07) is 7.94. The zero-order valence-electron chi connectivity index (χ0n) is 11.0. The van der Waals surface area contributed by atoms with Crippen LogP contribution in [0, 0.1) is 5.92 Å². The Hall–Kier alpha value is -1.55. The minimum Gasteiger partial charge on any atom is -0.491 e. The van der Waals surface area contributed by atoms with Crippen LogP contribution in [0.4, 0.5) is 0 Å². The van der Waals surface area contributed by atoms with Gasteiger partial charge in [0.15, 0.2) is 0 Å². The summed E-state index contributed by atoms with van der Waals surface area (Å²) in [5.41, 5.74) is 1.10. The first-order chi connectivity index (χ1) is 9.33. The summed E-state index contributed by atoms with van der Waals surface area (Å²) in [6.45, 7) is 2.62. The molecule has 1 unspecified atom stereocenters. The predicted molar refractivity (Wildman–Crippen MR) is 73.0 cm³/mol. The Labute approximate surface area is 113 Å². The van der Waals surface area contributed by atoms with Gasteiger partial charge < -0.3 is 15.4 Å². The highest BCUT2D eigenvalue weighted by Crippen LogP contribution is 2.31. The van der Waals surface area contributed by atoms with Crippen molar-refractivity contribution >= 4 is 5.91 Å². The largest absolute Gasteiger partial charge is 0.491 e. The first-order valence-corrected chi connectivity index (χ1v) is 7.05. The molecule has 3 rings (SSSR count). The number of amides is 1. The van der Waals surface area contributed by atoms with Crippen molar-refractivity contribution in [3.63, 3.8) is 0 Å². The lowest BCUT2D eigenvalue weighted by atomic mass is 9.94. The quantitative estimate of drug-likeness (QED) is 0.868. The molecule has 2 aliphatic heterocycles. The molecule has 1 saturated heterocycles. The fourth-order valence-electron chi connectivity index (χ4n) is 2.88. The third-order valence-corrected chi connectivity index (χ3v) is 3.97. The number of rotatable bonds is 3. The van der Waals surface area contributed by atoms with Gasteiger partial charge in [-0.2, -0.15) is 0 Å². The van der Waals surface area contributed by atoms with Crippen molar-refractivity contribution in [2.24, 2.45) is 5.92 Å². The maximum Gasteiger partial charge on any atom is 0.220 e. The second-order valence-corrected chi connectivity index (χ2v) is 5.37. The lowest BCUT2D eigenvalue weighted by Crippen LogP contribution is -2.34. The highest BCUT2D eigenvalue weighted by molar-refractivity contribution is 5.77. The topological polar surface area (TPSA) is 50.4 Å². The molecule has 0 aromatic heterocycles. The Bertz CT molecular complexity index is 455. The lowest BCUT2D eigenvalue weighted by Gasteiger charge is -2.22. The molecule has 1 aromatic carbocycles. The molecule has 0 spiro atoms. The average Bonchev–Trinajstić information content (AvgIpc) is 2.83. The molecule has 1 fully saturated rings. The first kappa shape index (κ1) is 12.5. The SMILES string of the molecule is O=C(CC1CCNCC1)NC1COc2ccccc21. The number of para-hydroxylation sites is 1. The van der Waals surface area contributed by atoms with E-state index in [-0.39, 0.29) is 11.9 Å². The van der Waals surface area contributed by atoms with E-state index in [9.17, 15) is 4.79 Å². The van der Waals surface area contributed by atoms with Crippen LogP contribution in [0.5, 0.6) is 5.75 Å². The van der Waals surface area contributed by atoms with E-state index < -0.39 is 0 Å². The molecule has 1 aromatic rings. The molecule has 2 aliphatic rings. The summed E-state index contributed by atoms with van der Waals surface area (Å²) < 4.78 is 5.58. The zero-order chi connectivity index (χ0) is 13.1. The van der Waals surface area contributed by atoms with Gasteiger partial charge in [-0.3, -0.25) is 4.79 Å². The molecule has 102 valence electrons. The number of hydrogen-bond acceptors (Lipinski definition) is 3. The summed E-state index contributed by atoms with van der Waals surface area (Å²) in [4.78, 5) is 12.1. The van der Waals surface area contributed by atoms with Crippen LogP contribution in [-0.4, -0.2) is 25.6 Å². The van der Waals surface area contributed by atoms with E-state index in [4.69, 9.17) is 4.74 Å². The van der Waals surface area contributed by atoms with Gasteiger partial charge in [-0.15, -0.1) is 0 Å². The van der Waals surface area contributed by atoms with Gasteiger partial charge in [0.05, 0.1) is 6.04 Å². The molecule has 2 heterocycles. The number of nitrogens with one attached hydrogen (secondary N) is 2. The van der Waals surface area contributed by atoms with E-state index in [1.807, 2.05) is 24.3 Å². The number of carbonyl (C=O) groups is 1. The van der Waals surface area contributed by atoms with E-state index in [2.05, 4.69) is 10.6 Å². The van der Waals surface area contributed by atoms with E-state index in [0.717, 1.165) is 37.2 Å². The molecular weight excluding hydrogens is 240 g/mol. The maximum atomic E-state index is 12.1. The van der Waals surface area contributed by atoms with Gasteiger partial charge in [0, 0.05) is 12.0 Å². The van der Waals surface area contributed by atoms with Crippen LogP contribution in [0.25, 0.3) is 0 Å². The number of hydrogen-bond donors (Lipinski definition) is 2. The summed E-state index contributed by atoms with van der Waals surface area (Å²) in [6.07, 6.45) is 2.84. The van der Waals surface area contributed by atoms with Gasteiger partial charge in [-0.25, -0.2) is 0 Å². The first-order valence-electron chi connectivity index (χ1n) is 7.05. The van der Waals surface area contributed by atoms with Crippen LogP contribution in [0.1, 0.15) is 30.9 Å². The van der Waals surface area contributed by atoms with Crippen LogP contribution >= 0.6 is 0 Å². The molecule has 0 bridgehead atoms. The van der Waals surface area contributed by atoms with Gasteiger partial charge >= 0.3 is 0 Å². The molecule has 4 heteroatoms. The number of ether oxygens (including phenoxy) is 1. The van der Waals surface area contributed by atoms with E-state index in [0.29, 0.717) is 18.9 Å². The Balaban J connectivity index is 1.55. The number of fused-ring (bicyclic) bond motifs is 1. The van der Waals surface area contributed by atoms with Crippen molar-refractivity contribution in [1.29, 1.82) is 0 Å². The summed E-state index contributed by atoms with van der Waals surface area (Å²) >= 11 is 0. The predicted octanol–water partition coefficient (Wildman–Crippen LogP) is 1.63. The third kappa shape index (κ3) is 2.89. The van der Waals surface area contributed by atoms with Crippen LogP contribution in [0.2, 0.25) is 0 Å². The fraction of sp³-hybridized carbons (Fsp3) is 0.533. The highest BCUT2D eigenvalue weighted by Gasteiger charge is 2.26. The van der Waals surface area contributed by atoms with Crippen LogP contribution < -0.4 is 15.4 Å². The molecule has 1 atom stereocenters. The highest BCUT2D eigenvalue weighted by atomic mass is 16.5. The van der Waals surface area contributed by atoms with Gasteiger partial charge in [0.25, 0.3) is 0 Å². The minimum atomic E-state index is 0.0189. The molecule has 0 saturated carbocycles. The minimum absolute atomic E-state index is 0.0189. The monoisotopic (exact) mass is 260 g/mol. The van der Waals surface area contributed by atoms with Gasteiger partial charge in [0.1, 0.15) is 12.4 Å². The smallest absolute Gasteiger partial charge is 0.220 e. The normalized spacial score (nSPS) is 22.6. The molecule has 2 N–H and O–H groups in total. The van der Waals surface area contributed by atoms with E-state index in [1.165, 1.54) is 0 Å². The molecular formula is C15H20N2O2. The van der Waals surface area contributed by atoms with Crippen LogP contribution in [0.15, 0.2) is 24.3 Å². The van der Waals surface area contributed by atoms with Crippen molar-refractivity contribution in [3.8, 4) is 5.75 Å². The molecule has 19 heavy (non-hydrogen) atoms. The fourth-order valence-corrected chi connectivity index (χ4v) is 2.88. The van der Waals surface area contributed by atoms with Crippen LogP contribution in [0.3, 0.4) is 0 Å². The Morgan fingerprint density at radius 2 is 2.11 bits per heavy atom. The molecule has 0 aliphatic carbocycles. The number of carbonyl (C=O) groups excluding carboxylic acids is 1. The van der Waals surface area contributed by atoms with Gasteiger partial charge in [-0.1, -0.05) is 18.2 Å². The molecule has 0 radical (unpaired) electrons. The zero-order valence-corrected chi connectivity index (χ0v) is 11.0. The second kappa shape index (κ2) is 5.61.